The van der Waals surface area contributed by atoms with Gasteiger partial charge >= 0.3 is 5.97 Å². The van der Waals surface area contributed by atoms with Crippen LogP contribution in [0.25, 0.3) is 33.3 Å². The van der Waals surface area contributed by atoms with Crippen molar-refractivity contribution in [3.63, 3.8) is 0 Å². The number of aromatic nitrogens is 3. The standard InChI is InChI=1S/C31H30F2N6O3/c1-34-23-10-22(32)27(33)25-18(23)9-24-26(25)28(39-7-6-17(13-39)38(3)16-4-5-16)20(12-35-24)15-8-19-29(40)21(31(41)42)14-37(2)30(19)36-11-15/h8,10-12,14,16-17,34H,4-7,9,13H2,1-3H3,(H,41,42). The molecular formula is C31H30F2N6O3. The molecule has 1 saturated heterocycles. The van der Waals surface area contributed by atoms with Crippen LogP contribution >= 0.6 is 0 Å². The first kappa shape index (κ1) is 26.5. The van der Waals surface area contributed by atoms with Crippen molar-refractivity contribution in [3.8, 4) is 22.3 Å². The Morgan fingerprint density at radius 1 is 1.12 bits per heavy atom. The fraction of sp³-hybridized carbons (Fsp3) is 0.355. The van der Waals surface area contributed by atoms with Crippen LogP contribution in [-0.4, -0.2) is 69.8 Å². The molecule has 9 nitrogen and oxygen atoms in total. The van der Waals surface area contributed by atoms with Crippen molar-refractivity contribution in [2.75, 3.05) is 37.4 Å². The van der Waals surface area contributed by atoms with Gasteiger partial charge in [-0.15, -0.1) is 0 Å². The van der Waals surface area contributed by atoms with Gasteiger partial charge in [0.1, 0.15) is 11.2 Å². The minimum Gasteiger partial charge on any atom is -0.477 e. The molecule has 0 amide bonds. The summed E-state index contributed by atoms with van der Waals surface area (Å²) in [6, 6.07) is 3.69. The van der Waals surface area contributed by atoms with Crippen LogP contribution < -0.4 is 15.6 Å². The summed E-state index contributed by atoms with van der Waals surface area (Å²) in [5.41, 5.74) is 3.83. The molecule has 1 atom stereocenters. The number of hydrogen-bond acceptors (Lipinski definition) is 7. The zero-order valence-electron chi connectivity index (χ0n) is 23.5. The number of carboxylic acid groups (broad SMARTS) is 1. The third kappa shape index (κ3) is 3.98. The maximum absolute atomic E-state index is 15.7. The summed E-state index contributed by atoms with van der Waals surface area (Å²) >= 11 is 0. The number of nitrogens with one attached hydrogen (secondary N) is 1. The quantitative estimate of drug-likeness (QED) is 0.311. The average Bonchev–Trinajstić information content (AvgIpc) is 3.59. The van der Waals surface area contributed by atoms with Crippen molar-refractivity contribution in [2.45, 2.75) is 37.8 Å². The van der Waals surface area contributed by atoms with Gasteiger partial charge in [0.15, 0.2) is 11.6 Å². The van der Waals surface area contributed by atoms with Crippen LogP contribution in [-0.2, 0) is 13.5 Å². The van der Waals surface area contributed by atoms with Crippen molar-refractivity contribution in [3.05, 3.63) is 69.4 Å². The summed E-state index contributed by atoms with van der Waals surface area (Å²) in [7, 11) is 5.47. The van der Waals surface area contributed by atoms with Gasteiger partial charge in [-0.3, -0.25) is 14.7 Å². The lowest BCUT2D eigenvalue weighted by atomic mass is 9.97. The van der Waals surface area contributed by atoms with E-state index in [1.54, 1.807) is 32.6 Å². The molecular weight excluding hydrogens is 542 g/mol. The molecule has 4 aromatic rings. The number of nitrogens with zero attached hydrogens (tertiary/aromatic N) is 5. The molecule has 1 unspecified atom stereocenters. The smallest absolute Gasteiger partial charge is 0.341 e. The number of benzene rings is 1. The summed E-state index contributed by atoms with van der Waals surface area (Å²) in [6.45, 7) is 1.41. The number of hydrogen-bond donors (Lipinski definition) is 2. The van der Waals surface area contributed by atoms with Gasteiger partial charge in [-0.2, -0.15) is 0 Å². The Morgan fingerprint density at radius 2 is 1.90 bits per heavy atom. The number of halogens is 2. The molecule has 1 aromatic carbocycles. The second kappa shape index (κ2) is 9.59. The first-order valence-electron chi connectivity index (χ1n) is 14.1. The number of pyridine rings is 3. The Labute approximate surface area is 240 Å². The predicted molar refractivity (Wildman–Crippen MR) is 156 cm³/mol. The predicted octanol–water partition coefficient (Wildman–Crippen LogP) is 4.26. The SMILES string of the molecule is CNc1cc(F)c(F)c2c1Cc1ncc(-c3cnc4c(c3)c(=O)c(C(=O)O)cn4C)c(N3CCC(N(C)C4CC4)C3)c1-2. The molecule has 4 heterocycles. The largest absolute Gasteiger partial charge is 0.477 e. The summed E-state index contributed by atoms with van der Waals surface area (Å²) in [5, 5.41) is 12.8. The van der Waals surface area contributed by atoms with Crippen LogP contribution in [0.3, 0.4) is 0 Å². The van der Waals surface area contributed by atoms with Crippen molar-refractivity contribution in [2.24, 2.45) is 7.05 Å². The third-order valence-corrected chi connectivity index (χ3v) is 9.05. The number of fused-ring (bicyclic) bond motifs is 4. The molecule has 0 spiro atoms. The number of anilines is 2. The minimum atomic E-state index is -1.32. The molecule has 42 heavy (non-hydrogen) atoms. The highest BCUT2D eigenvalue weighted by Gasteiger charge is 2.39. The van der Waals surface area contributed by atoms with E-state index in [0.717, 1.165) is 12.1 Å². The molecule has 2 fully saturated rings. The second-order valence-corrected chi connectivity index (χ2v) is 11.5. The molecule has 11 heteroatoms. The number of aryl methyl sites for hydroxylation is 1. The molecule has 0 bridgehead atoms. The van der Waals surface area contributed by atoms with Crippen LogP contribution in [0, 0.1) is 11.6 Å². The van der Waals surface area contributed by atoms with E-state index in [0.29, 0.717) is 70.9 Å². The highest BCUT2D eigenvalue weighted by atomic mass is 19.2. The number of aromatic carboxylic acids is 1. The van der Waals surface area contributed by atoms with Crippen molar-refractivity contribution < 1.29 is 18.7 Å². The lowest BCUT2D eigenvalue weighted by Crippen LogP contribution is -2.36. The van der Waals surface area contributed by atoms with Crippen LogP contribution in [0.5, 0.6) is 0 Å². The van der Waals surface area contributed by atoms with E-state index < -0.39 is 23.0 Å². The summed E-state index contributed by atoms with van der Waals surface area (Å²) in [4.78, 5) is 38.8. The van der Waals surface area contributed by atoms with E-state index in [9.17, 15) is 19.1 Å². The maximum atomic E-state index is 15.7. The molecule has 3 aliphatic rings. The van der Waals surface area contributed by atoms with Crippen molar-refractivity contribution >= 4 is 28.4 Å². The molecule has 0 radical (unpaired) electrons. The number of carboxylic acids is 1. The monoisotopic (exact) mass is 572 g/mol. The molecule has 1 saturated carbocycles. The van der Waals surface area contributed by atoms with Gasteiger partial charge in [0.05, 0.1) is 16.8 Å². The van der Waals surface area contributed by atoms with Gasteiger partial charge in [0.2, 0.25) is 5.43 Å². The Balaban J connectivity index is 1.46. The third-order valence-electron chi connectivity index (χ3n) is 9.05. The van der Waals surface area contributed by atoms with Gasteiger partial charge in [0, 0.05) is 98.3 Å². The first-order chi connectivity index (χ1) is 20.2. The van der Waals surface area contributed by atoms with E-state index in [-0.39, 0.29) is 16.5 Å². The molecule has 2 aliphatic carbocycles. The number of carbonyl (C=O) groups is 1. The van der Waals surface area contributed by atoms with Gasteiger partial charge in [0.25, 0.3) is 0 Å². The van der Waals surface area contributed by atoms with Gasteiger partial charge in [-0.1, -0.05) is 0 Å². The van der Waals surface area contributed by atoms with E-state index in [1.165, 1.54) is 29.7 Å². The van der Waals surface area contributed by atoms with E-state index >= 15 is 4.39 Å². The van der Waals surface area contributed by atoms with Crippen LogP contribution in [0.4, 0.5) is 20.2 Å². The maximum Gasteiger partial charge on any atom is 0.341 e. The van der Waals surface area contributed by atoms with E-state index in [1.807, 2.05) is 0 Å². The fourth-order valence-electron chi connectivity index (χ4n) is 6.70. The Bertz CT molecular complexity index is 1870. The van der Waals surface area contributed by atoms with Crippen LogP contribution in [0.2, 0.25) is 0 Å². The zero-order chi connectivity index (χ0) is 29.4. The lowest BCUT2D eigenvalue weighted by Gasteiger charge is -2.28. The second-order valence-electron chi connectivity index (χ2n) is 11.5. The van der Waals surface area contributed by atoms with Crippen molar-refractivity contribution in [1.82, 2.24) is 19.4 Å². The summed E-state index contributed by atoms with van der Waals surface area (Å²) in [6.07, 6.45) is 8.23. The Hall–Kier alpha value is -4.38. The van der Waals surface area contributed by atoms with Crippen molar-refractivity contribution in [1.29, 1.82) is 0 Å². The highest BCUT2D eigenvalue weighted by Crippen LogP contribution is 2.50. The lowest BCUT2D eigenvalue weighted by molar-refractivity contribution is 0.0695. The zero-order valence-corrected chi connectivity index (χ0v) is 23.5. The highest BCUT2D eigenvalue weighted by molar-refractivity contribution is 5.98. The summed E-state index contributed by atoms with van der Waals surface area (Å²) < 4.78 is 32.1. The average molecular weight is 573 g/mol. The molecule has 3 aromatic heterocycles. The normalized spacial score (nSPS) is 17.7. The minimum absolute atomic E-state index is 0.157. The Kier molecular flexibility index (Phi) is 6.05. The van der Waals surface area contributed by atoms with Gasteiger partial charge in [-0.05, 0) is 37.9 Å². The van der Waals surface area contributed by atoms with E-state index in [4.69, 9.17) is 4.98 Å². The topological polar surface area (TPSA) is 104 Å². The molecule has 1 aliphatic heterocycles. The number of rotatable bonds is 6. The Morgan fingerprint density at radius 3 is 2.62 bits per heavy atom. The fourth-order valence-corrected chi connectivity index (χ4v) is 6.70. The van der Waals surface area contributed by atoms with Gasteiger partial charge < -0.3 is 19.9 Å². The molecule has 2 N–H and O–H groups in total. The molecule has 7 rings (SSSR count). The summed E-state index contributed by atoms with van der Waals surface area (Å²) in [5.74, 6) is -3.17. The van der Waals surface area contributed by atoms with Crippen LogP contribution in [0.15, 0.2) is 35.5 Å². The van der Waals surface area contributed by atoms with E-state index in [2.05, 4.69) is 27.1 Å². The molecule has 216 valence electrons. The van der Waals surface area contributed by atoms with Crippen LogP contribution in [0.1, 0.15) is 40.9 Å². The van der Waals surface area contributed by atoms with Gasteiger partial charge in [-0.25, -0.2) is 18.6 Å². The number of likely N-dealkylation sites (N-methyl/N-ethyl adjacent to an activating group) is 1. The first-order valence-corrected chi connectivity index (χ1v) is 14.1.